The van der Waals surface area contributed by atoms with Crippen LogP contribution in [0.4, 0.5) is 8.78 Å². The molecule has 0 bridgehead atoms. The molecule has 0 radical (unpaired) electrons. The summed E-state index contributed by atoms with van der Waals surface area (Å²) in [6, 6.07) is 13.1. The van der Waals surface area contributed by atoms with Crippen molar-refractivity contribution >= 4 is 5.97 Å². The second-order valence-corrected chi connectivity index (χ2v) is 7.38. The van der Waals surface area contributed by atoms with Crippen LogP contribution in [0.1, 0.15) is 11.1 Å². The highest BCUT2D eigenvalue weighted by atomic mass is 19.3. The summed E-state index contributed by atoms with van der Waals surface area (Å²) in [6.45, 7) is 1.38. The van der Waals surface area contributed by atoms with Crippen molar-refractivity contribution in [2.24, 2.45) is 5.92 Å². The number of benzene rings is 2. The van der Waals surface area contributed by atoms with E-state index in [4.69, 9.17) is 4.74 Å². The van der Waals surface area contributed by atoms with Crippen LogP contribution in [0.15, 0.2) is 42.5 Å². The maximum absolute atomic E-state index is 14.5. The molecule has 3 rings (SSSR count). The van der Waals surface area contributed by atoms with Gasteiger partial charge in [0.2, 0.25) is 0 Å². The summed E-state index contributed by atoms with van der Waals surface area (Å²) < 4.78 is 39.2. The predicted molar refractivity (Wildman–Crippen MR) is 104 cm³/mol. The van der Waals surface area contributed by atoms with E-state index >= 15 is 0 Å². The summed E-state index contributed by atoms with van der Waals surface area (Å²) in [5.41, 5.74) is 3.10. The number of rotatable bonds is 6. The quantitative estimate of drug-likeness (QED) is 0.704. The van der Waals surface area contributed by atoms with Gasteiger partial charge >= 0.3 is 5.97 Å². The van der Waals surface area contributed by atoms with Gasteiger partial charge in [0, 0.05) is 13.0 Å². The number of hydrogen-bond acceptors (Lipinski definition) is 4. The second-order valence-electron chi connectivity index (χ2n) is 7.38. The molecule has 0 fully saturated rings. The highest BCUT2D eigenvalue weighted by Crippen LogP contribution is 2.40. The lowest BCUT2D eigenvalue weighted by Crippen LogP contribution is -2.42. The SMILES string of the molecule is COC(=O)C1Cc2ccc(-c3cccc(OCCN(C)C)c3)cc2CC1(F)F. The van der Waals surface area contributed by atoms with Gasteiger partial charge in [0.1, 0.15) is 18.3 Å². The van der Waals surface area contributed by atoms with Gasteiger partial charge in [-0.25, -0.2) is 8.78 Å². The van der Waals surface area contributed by atoms with Gasteiger partial charge in [-0.2, -0.15) is 0 Å². The number of nitrogens with zero attached hydrogens (tertiary/aromatic N) is 1. The Kier molecular flexibility index (Phi) is 5.98. The van der Waals surface area contributed by atoms with Crippen molar-refractivity contribution < 1.29 is 23.0 Å². The van der Waals surface area contributed by atoms with Crippen LogP contribution >= 0.6 is 0 Å². The van der Waals surface area contributed by atoms with Crippen LogP contribution < -0.4 is 4.74 Å². The van der Waals surface area contributed by atoms with Crippen LogP contribution in [0.25, 0.3) is 11.1 Å². The molecule has 0 N–H and O–H groups in total. The Morgan fingerprint density at radius 1 is 1.14 bits per heavy atom. The van der Waals surface area contributed by atoms with Gasteiger partial charge in [-0.3, -0.25) is 4.79 Å². The Morgan fingerprint density at radius 3 is 2.61 bits per heavy atom. The van der Waals surface area contributed by atoms with E-state index in [0.29, 0.717) is 12.2 Å². The van der Waals surface area contributed by atoms with Crippen molar-refractivity contribution in [2.75, 3.05) is 34.4 Å². The highest BCUT2D eigenvalue weighted by Gasteiger charge is 2.48. The van der Waals surface area contributed by atoms with Crippen LogP contribution in [0.2, 0.25) is 0 Å². The number of likely N-dealkylation sites (N-methyl/N-ethyl adjacent to an activating group) is 1. The number of carbonyl (C=O) groups is 1. The molecule has 0 spiro atoms. The first-order chi connectivity index (χ1) is 13.3. The molecular weight excluding hydrogens is 364 g/mol. The van der Waals surface area contributed by atoms with Crippen LogP contribution in [0.3, 0.4) is 0 Å². The minimum Gasteiger partial charge on any atom is -0.492 e. The van der Waals surface area contributed by atoms with Crippen molar-refractivity contribution in [3.8, 4) is 16.9 Å². The number of alkyl halides is 2. The molecule has 150 valence electrons. The molecule has 1 unspecified atom stereocenters. The van der Waals surface area contributed by atoms with Gasteiger partial charge in [-0.1, -0.05) is 30.3 Å². The fraction of sp³-hybridized carbons (Fsp3) is 0.409. The van der Waals surface area contributed by atoms with Crippen LogP contribution in [-0.4, -0.2) is 51.1 Å². The highest BCUT2D eigenvalue weighted by molar-refractivity contribution is 5.75. The van der Waals surface area contributed by atoms with Crippen molar-refractivity contribution in [1.82, 2.24) is 4.90 Å². The summed E-state index contributed by atoms with van der Waals surface area (Å²) in [6.07, 6.45) is -0.474. The Bertz CT molecular complexity index is 851. The van der Waals surface area contributed by atoms with Gasteiger partial charge in [-0.05, 0) is 54.9 Å². The molecule has 0 saturated heterocycles. The Balaban J connectivity index is 1.82. The number of esters is 1. The molecule has 0 saturated carbocycles. The number of halogens is 2. The van der Waals surface area contributed by atoms with Gasteiger partial charge in [0.25, 0.3) is 5.92 Å². The average molecular weight is 389 g/mol. The zero-order valence-corrected chi connectivity index (χ0v) is 16.4. The third-order valence-corrected chi connectivity index (χ3v) is 5.03. The average Bonchev–Trinajstić information content (AvgIpc) is 2.65. The lowest BCUT2D eigenvalue weighted by atomic mass is 9.80. The Labute approximate surface area is 164 Å². The van der Waals surface area contributed by atoms with Crippen LogP contribution in [0.5, 0.6) is 5.75 Å². The molecule has 2 aromatic rings. The molecule has 1 aliphatic rings. The van der Waals surface area contributed by atoms with Gasteiger partial charge in [0.15, 0.2) is 0 Å². The first-order valence-electron chi connectivity index (χ1n) is 9.25. The third-order valence-electron chi connectivity index (χ3n) is 5.03. The third kappa shape index (κ3) is 4.50. The molecule has 1 atom stereocenters. The summed E-state index contributed by atoms with van der Waals surface area (Å²) in [4.78, 5) is 13.8. The summed E-state index contributed by atoms with van der Waals surface area (Å²) in [5, 5.41) is 0. The maximum Gasteiger partial charge on any atom is 0.315 e. The largest absolute Gasteiger partial charge is 0.492 e. The molecule has 0 aliphatic heterocycles. The molecule has 0 amide bonds. The zero-order valence-electron chi connectivity index (χ0n) is 16.4. The lowest BCUT2D eigenvalue weighted by molar-refractivity contribution is -0.161. The van der Waals surface area contributed by atoms with E-state index in [1.165, 1.54) is 0 Å². The van der Waals surface area contributed by atoms with Gasteiger partial charge in [-0.15, -0.1) is 0 Å². The molecule has 1 aliphatic carbocycles. The second kappa shape index (κ2) is 8.27. The summed E-state index contributed by atoms with van der Waals surface area (Å²) >= 11 is 0. The fourth-order valence-corrected chi connectivity index (χ4v) is 3.43. The first-order valence-corrected chi connectivity index (χ1v) is 9.25. The smallest absolute Gasteiger partial charge is 0.315 e. The number of hydrogen-bond donors (Lipinski definition) is 0. The molecule has 2 aromatic carbocycles. The first kappa shape index (κ1) is 20.3. The predicted octanol–water partition coefficient (Wildman–Crippen LogP) is 3.82. The normalized spacial score (nSPS) is 17.9. The van der Waals surface area contributed by atoms with Crippen molar-refractivity contribution in [3.63, 3.8) is 0 Å². The summed E-state index contributed by atoms with van der Waals surface area (Å²) in [7, 11) is 5.10. The molecule has 0 heterocycles. The van der Waals surface area contributed by atoms with Crippen LogP contribution in [-0.2, 0) is 22.4 Å². The van der Waals surface area contributed by atoms with Crippen molar-refractivity contribution in [1.29, 1.82) is 0 Å². The fourth-order valence-electron chi connectivity index (χ4n) is 3.43. The van der Waals surface area contributed by atoms with E-state index in [1.807, 2.05) is 55.4 Å². The molecule has 4 nitrogen and oxygen atoms in total. The Hall–Kier alpha value is -2.47. The minimum absolute atomic E-state index is 0.0109. The topological polar surface area (TPSA) is 38.8 Å². The Morgan fingerprint density at radius 2 is 1.89 bits per heavy atom. The molecular formula is C22H25F2NO3. The van der Waals surface area contributed by atoms with Gasteiger partial charge in [0.05, 0.1) is 7.11 Å². The maximum atomic E-state index is 14.5. The molecule has 28 heavy (non-hydrogen) atoms. The van der Waals surface area contributed by atoms with E-state index in [-0.39, 0.29) is 6.42 Å². The van der Waals surface area contributed by atoms with E-state index < -0.39 is 24.2 Å². The standard InChI is InChI=1S/C22H25F2NO3/c1-25(2)9-10-28-19-6-4-5-15(12-19)16-7-8-17-13-20(21(26)27-3)22(23,24)14-18(17)11-16/h4-8,11-12,20H,9-10,13-14H2,1-3H3. The number of ether oxygens (including phenoxy) is 2. The van der Waals surface area contributed by atoms with Crippen molar-refractivity contribution in [2.45, 2.75) is 18.8 Å². The minimum atomic E-state index is -3.12. The molecule has 0 aromatic heterocycles. The van der Waals surface area contributed by atoms with E-state index in [1.54, 1.807) is 6.07 Å². The summed E-state index contributed by atoms with van der Waals surface area (Å²) in [5.74, 6) is -4.66. The van der Waals surface area contributed by atoms with Crippen LogP contribution in [0, 0.1) is 5.92 Å². The van der Waals surface area contributed by atoms with E-state index in [0.717, 1.165) is 36.1 Å². The lowest BCUT2D eigenvalue weighted by Gasteiger charge is -2.31. The molecule has 6 heteroatoms. The number of methoxy groups -OCH3 is 1. The zero-order chi connectivity index (χ0) is 20.3. The monoisotopic (exact) mass is 389 g/mol. The number of fused-ring (bicyclic) bond motifs is 1. The number of carbonyl (C=O) groups excluding carboxylic acids is 1. The van der Waals surface area contributed by atoms with Crippen molar-refractivity contribution in [3.05, 3.63) is 53.6 Å². The van der Waals surface area contributed by atoms with E-state index in [2.05, 4.69) is 4.74 Å². The van der Waals surface area contributed by atoms with E-state index in [9.17, 15) is 13.6 Å². The van der Waals surface area contributed by atoms with Gasteiger partial charge < -0.3 is 14.4 Å².